The number of nitrogens with zero attached hydrogens (tertiary/aromatic N) is 4. The van der Waals surface area contributed by atoms with E-state index < -0.39 is 0 Å². The molecule has 2 aromatic rings. The number of carbonyl (C=O) groups excluding carboxylic acids is 1. The summed E-state index contributed by atoms with van der Waals surface area (Å²) in [5, 5.41) is 0. The Morgan fingerprint density at radius 1 is 1.38 bits per heavy atom. The molecule has 0 radical (unpaired) electrons. The normalized spacial score (nSPS) is 16.6. The van der Waals surface area contributed by atoms with Crippen LogP contribution in [0.25, 0.3) is 11.2 Å². The Balaban J connectivity index is 1.66. The van der Waals surface area contributed by atoms with E-state index in [1.807, 2.05) is 17.0 Å². The number of aromatic nitrogens is 3. The molecule has 1 amide bonds. The minimum Gasteiger partial charge on any atom is -0.383 e. The van der Waals surface area contributed by atoms with Gasteiger partial charge >= 0.3 is 0 Å². The fraction of sp³-hybridized carbons (Fsp3) is 0.632. The SMILES string of the molecule is COCC(C)n1c(CCCC(=O)N2CCCOCC2)nc2cccnc21. The van der Waals surface area contributed by atoms with Gasteiger partial charge in [0.15, 0.2) is 5.65 Å². The minimum atomic E-state index is 0.147. The first-order valence-corrected chi connectivity index (χ1v) is 9.37. The van der Waals surface area contributed by atoms with Gasteiger partial charge in [-0.3, -0.25) is 4.79 Å². The summed E-state index contributed by atoms with van der Waals surface area (Å²) in [5.41, 5.74) is 1.77. The number of amides is 1. The standard InChI is InChI=1S/C19H28N4O3/c1-15(14-25-2)23-17(21-16-6-4-9-20-19(16)23)7-3-8-18(24)22-10-5-12-26-13-11-22/h4,6,9,15H,3,5,7-8,10-14H2,1-2H3. The van der Waals surface area contributed by atoms with Gasteiger partial charge in [0.1, 0.15) is 11.3 Å². The van der Waals surface area contributed by atoms with Crippen molar-refractivity contribution in [3.05, 3.63) is 24.2 Å². The Kier molecular flexibility index (Phi) is 6.57. The molecule has 0 aromatic carbocycles. The molecule has 1 saturated heterocycles. The van der Waals surface area contributed by atoms with Gasteiger partial charge in [-0.15, -0.1) is 0 Å². The lowest BCUT2D eigenvalue weighted by atomic mass is 10.2. The van der Waals surface area contributed by atoms with Gasteiger partial charge < -0.3 is 18.9 Å². The summed E-state index contributed by atoms with van der Waals surface area (Å²) in [6.45, 7) is 5.59. The lowest BCUT2D eigenvalue weighted by Gasteiger charge is -2.20. The van der Waals surface area contributed by atoms with E-state index in [2.05, 4.69) is 16.5 Å². The third kappa shape index (κ3) is 4.40. The summed E-state index contributed by atoms with van der Waals surface area (Å²) < 4.78 is 12.9. The summed E-state index contributed by atoms with van der Waals surface area (Å²) in [6.07, 6.45) is 4.77. The molecule has 1 atom stereocenters. The molecule has 26 heavy (non-hydrogen) atoms. The van der Waals surface area contributed by atoms with E-state index in [-0.39, 0.29) is 11.9 Å². The first-order valence-electron chi connectivity index (χ1n) is 9.37. The van der Waals surface area contributed by atoms with Crippen LogP contribution in [0, 0.1) is 0 Å². The Morgan fingerprint density at radius 2 is 2.27 bits per heavy atom. The number of hydrogen-bond acceptors (Lipinski definition) is 5. The summed E-state index contributed by atoms with van der Waals surface area (Å²) in [4.78, 5) is 23.6. The molecule has 0 N–H and O–H groups in total. The molecule has 2 aromatic heterocycles. The van der Waals surface area contributed by atoms with Gasteiger partial charge in [0.25, 0.3) is 0 Å². The monoisotopic (exact) mass is 360 g/mol. The molecule has 1 aliphatic heterocycles. The third-order valence-electron chi connectivity index (χ3n) is 4.74. The van der Waals surface area contributed by atoms with Crippen molar-refractivity contribution in [3.8, 4) is 0 Å². The summed E-state index contributed by atoms with van der Waals surface area (Å²) in [5.74, 6) is 1.18. The molecule has 0 spiro atoms. The number of imidazole rings is 1. The first kappa shape index (κ1) is 18.8. The Morgan fingerprint density at radius 3 is 3.12 bits per heavy atom. The Bertz CT molecular complexity index is 723. The minimum absolute atomic E-state index is 0.147. The van der Waals surface area contributed by atoms with Crippen LogP contribution in [0.1, 0.15) is 38.1 Å². The van der Waals surface area contributed by atoms with Gasteiger partial charge in [-0.25, -0.2) is 9.97 Å². The predicted octanol–water partition coefficient (Wildman–Crippen LogP) is 2.21. The van der Waals surface area contributed by atoms with E-state index in [4.69, 9.17) is 14.5 Å². The molecule has 142 valence electrons. The number of aryl methyl sites for hydroxylation is 1. The number of rotatable bonds is 7. The fourth-order valence-electron chi connectivity index (χ4n) is 3.48. The Hall–Kier alpha value is -1.99. The van der Waals surface area contributed by atoms with Crippen molar-refractivity contribution in [2.75, 3.05) is 40.0 Å². The second-order valence-electron chi connectivity index (χ2n) is 6.75. The van der Waals surface area contributed by atoms with Crippen LogP contribution >= 0.6 is 0 Å². The van der Waals surface area contributed by atoms with E-state index in [9.17, 15) is 4.79 Å². The number of fused-ring (bicyclic) bond motifs is 1. The number of hydrogen-bond donors (Lipinski definition) is 0. The van der Waals surface area contributed by atoms with Crippen LogP contribution < -0.4 is 0 Å². The van der Waals surface area contributed by atoms with Crippen LogP contribution in [-0.4, -0.2) is 65.4 Å². The largest absolute Gasteiger partial charge is 0.383 e. The van der Waals surface area contributed by atoms with E-state index in [0.717, 1.165) is 49.4 Å². The van der Waals surface area contributed by atoms with Crippen LogP contribution in [0.2, 0.25) is 0 Å². The van der Waals surface area contributed by atoms with Gasteiger partial charge in [-0.05, 0) is 31.9 Å². The maximum atomic E-state index is 12.4. The zero-order valence-electron chi connectivity index (χ0n) is 15.7. The van der Waals surface area contributed by atoms with Gasteiger partial charge in [-0.2, -0.15) is 0 Å². The molecule has 1 fully saturated rings. The molecular weight excluding hydrogens is 332 g/mol. The quantitative estimate of drug-likeness (QED) is 0.757. The van der Waals surface area contributed by atoms with Crippen molar-refractivity contribution < 1.29 is 14.3 Å². The molecule has 3 rings (SSSR count). The van der Waals surface area contributed by atoms with Crippen LogP contribution in [-0.2, 0) is 20.7 Å². The van der Waals surface area contributed by atoms with Crippen molar-refractivity contribution >= 4 is 17.1 Å². The zero-order valence-corrected chi connectivity index (χ0v) is 15.7. The van der Waals surface area contributed by atoms with Crippen molar-refractivity contribution in [1.82, 2.24) is 19.4 Å². The average Bonchev–Trinajstić information content (AvgIpc) is 2.80. The third-order valence-corrected chi connectivity index (χ3v) is 4.74. The van der Waals surface area contributed by atoms with Crippen molar-refractivity contribution in [2.45, 2.75) is 38.6 Å². The van der Waals surface area contributed by atoms with Gasteiger partial charge in [0.05, 0.1) is 19.3 Å². The fourth-order valence-corrected chi connectivity index (χ4v) is 3.48. The lowest BCUT2D eigenvalue weighted by Crippen LogP contribution is -2.33. The van der Waals surface area contributed by atoms with E-state index in [1.165, 1.54) is 0 Å². The maximum absolute atomic E-state index is 12.4. The summed E-state index contributed by atoms with van der Waals surface area (Å²) >= 11 is 0. The molecule has 1 aliphatic rings. The highest BCUT2D eigenvalue weighted by molar-refractivity contribution is 5.76. The second kappa shape index (κ2) is 9.09. The van der Waals surface area contributed by atoms with Crippen molar-refractivity contribution in [3.63, 3.8) is 0 Å². The van der Waals surface area contributed by atoms with Gasteiger partial charge in [0.2, 0.25) is 5.91 Å². The number of ether oxygens (including phenoxy) is 2. The number of pyridine rings is 1. The van der Waals surface area contributed by atoms with Crippen LogP contribution in [0.3, 0.4) is 0 Å². The van der Waals surface area contributed by atoms with Gasteiger partial charge in [-0.1, -0.05) is 0 Å². The van der Waals surface area contributed by atoms with Crippen molar-refractivity contribution in [2.24, 2.45) is 0 Å². The molecule has 7 nitrogen and oxygen atoms in total. The first-order chi connectivity index (χ1) is 12.7. The zero-order chi connectivity index (χ0) is 18.4. The molecule has 0 saturated carbocycles. The molecular formula is C19H28N4O3. The number of carbonyl (C=O) groups is 1. The predicted molar refractivity (Wildman–Crippen MR) is 99.1 cm³/mol. The number of methoxy groups -OCH3 is 1. The molecule has 0 bridgehead atoms. The highest BCUT2D eigenvalue weighted by Crippen LogP contribution is 2.21. The summed E-state index contributed by atoms with van der Waals surface area (Å²) in [7, 11) is 1.70. The van der Waals surface area contributed by atoms with Crippen LogP contribution in [0.15, 0.2) is 18.3 Å². The smallest absolute Gasteiger partial charge is 0.222 e. The lowest BCUT2D eigenvalue weighted by molar-refractivity contribution is -0.131. The summed E-state index contributed by atoms with van der Waals surface area (Å²) in [6, 6.07) is 4.02. The highest BCUT2D eigenvalue weighted by Gasteiger charge is 2.19. The Labute approximate surface area is 154 Å². The molecule has 0 aliphatic carbocycles. The molecule has 7 heteroatoms. The van der Waals surface area contributed by atoms with E-state index >= 15 is 0 Å². The van der Waals surface area contributed by atoms with Crippen LogP contribution in [0.4, 0.5) is 0 Å². The second-order valence-corrected chi connectivity index (χ2v) is 6.75. The maximum Gasteiger partial charge on any atom is 0.222 e. The molecule has 3 heterocycles. The van der Waals surface area contributed by atoms with Gasteiger partial charge in [0, 0.05) is 45.8 Å². The van der Waals surface area contributed by atoms with E-state index in [0.29, 0.717) is 26.2 Å². The topological polar surface area (TPSA) is 69.5 Å². The average molecular weight is 360 g/mol. The van der Waals surface area contributed by atoms with Crippen LogP contribution in [0.5, 0.6) is 0 Å². The highest BCUT2D eigenvalue weighted by atomic mass is 16.5. The van der Waals surface area contributed by atoms with Crippen molar-refractivity contribution in [1.29, 1.82) is 0 Å². The molecule has 1 unspecified atom stereocenters. The van der Waals surface area contributed by atoms with E-state index in [1.54, 1.807) is 13.3 Å².